The molecule has 1 fully saturated rings. The van der Waals surface area contributed by atoms with Gasteiger partial charge in [0.2, 0.25) is 0 Å². The summed E-state index contributed by atoms with van der Waals surface area (Å²) in [5, 5.41) is 22.3. The van der Waals surface area contributed by atoms with Crippen LogP contribution >= 0.6 is 11.6 Å². The van der Waals surface area contributed by atoms with Crippen LogP contribution in [0.1, 0.15) is 13.2 Å². The zero-order valence-corrected chi connectivity index (χ0v) is 16.9. The Balaban J connectivity index is 1.79. The first kappa shape index (κ1) is 19.2. The highest BCUT2D eigenvalue weighted by Gasteiger charge is 2.42. The van der Waals surface area contributed by atoms with Crippen LogP contribution in [0.15, 0.2) is 67.1 Å². The molecule has 2 N–H and O–H groups in total. The lowest BCUT2D eigenvalue weighted by atomic mass is 10.0. The molecule has 1 saturated heterocycles. The fraction of sp³-hybridized carbons (Fsp3) is 0.217. The van der Waals surface area contributed by atoms with E-state index in [9.17, 15) is 10.2 Å². The lowest BCUT2D eigenvalue weighted by Crippen LogP contribution is -2.30. The maximum absolute atomic E-state index is 10.6. The number of rotatable bonds is 3. The molecule has 1 aliphatic rings. The van der Waals surface area contributed by atoms with Gasteiger partial charge < -0.3 is 19.5 Å². The van der Waals surface area contributed by atoms with E-state index in [1.54, 1.807) is 11.5 Å². The molecule has 4 aromatic rings. The number of benzene rings is 2. The Morgan fingerprint density at radius 1 is 0.967 bits per heavy atom. The number of ether oxygens (including phenoxy) is 1. The van der Waals surface area contributed by atoms with Gasteiger partial charge in [0.1, 0.15) is 24.2 Å². The molecule has 0 radical (unpaired) electrons. The molecule has 3 heterocycles. The average Bonchev–Trinajstić information content (AvgIpc) is 3.27. The predicted molar refractivity (Wildman–Crippen MR) is 115 cm³/mol. The normalized spacial score (nSPS) is 23.9. The molecule has 0 spiro atoms. The van der Waals surface area contributed by atoms with Crippen LogP contribution in [-0.2, 0) is 4.74 Å². The summed E-state index contributed by atoms with van der Waals surface area (Å²) in [6, 6.07) is 17.4. The van der Waals surface area contributed by atoms with Gasteiger partial charge in [-0.15, -0.1) is 0 Å². The first-order valence-corrected chi connectivity index (χ1v) is 10.1. The minimum Gasteiger partial charge on any atom is -0.388 e. The van der Waals surface area contributed by atoms with E-state index in [4.69, 9.17) is 16.3 Å². The van der Waals surface area contributed by atoms with E-state index >= 15 is 0 Å². The van der Waals surface area contributed by atoms with Gasteiger partial charge in [0.25, 0.3) is 0 Å². The number of nitrogens with zero attached hydrogens (tertiary/aromatic N) is 3. The fourth-order valence-corrected chi connectivity index (χ4v) is 4.22. The van der Waals surface area contributed by atoms with E-state index in [0.717, 1.165) is 27.8 Å². The molecule has 152 valence electrons. The maximum Gasteiger partial charge on any atom is 0.164 e. The molecule has 0 unspecified atom stereocenters. The summed E-state index contributed by atoms with van der Waals surface area (Å²) in [6.07, 6.45) is 0.117. The first-order chi connectivity index (χ1) is 14.5. The third kappa shape index (κ3) is 3.09. The van der Waals surface area contributed by atoms with Crippen LogP contribution < -0.4 is 0 Å². The zero-order valence-electron chi connectivity index (χ0n) is 16.2. The Kier molecular flexibility index (Phi) is 4.79. The third-order valence-electron chi connectivity index (χ3n) is 5.54. The third-order valence-corrected chi connectivity index (χ3v) is 5.78. The van der Waals surface area contributed by atoms with Gasteiger partial charge in [-0.1, -0.05) is 54.1 Å². The predicted octanol–water partition coefficient (Wildman–Crippen LogP) is 4.06. The van der Waals surface area contributed by atoms with Gasteiger partial charge in [-0.3, -0.25) is 0 Å². The highest BCUT2D eigenvalue weighted by molar-refractivity contribution is 6.30. The topological polar surface area (TPSA) is 80.4 Å². The molecule has 7 heteroatoms. The van der Waals surface area contributed by atoms with Gasteiger partial charge in [0, 0.05) is 22.3 Å². The van der Waals surface area contributed by atoms with Crippen LogP contribution in [0.3, 0.4) is 0 Å². The maximum atomic E-state index is 10.6. The van der Waals surface area contributed by atoms with Crippen molar-refractivity contribution < 1.29 is 14.9 Å². The number of hydrogen-bond donors (Lipinski definition) is 2. The van der Waals surface area contributed by atoms with Crippen molar-refractivity contribution in [1.82, 2.24) is 14.5 Å². The largest absolute Gasteiger partial charge is 0.388 e. The Morgan fingerprint density at radius 2 is 1.73 bits per heavy atom. The van der Waals surface area contributed by atoms with E-state index < -0.39 is 24.5 Å². The molecule has 0 saturated carbocycles. The molecule has 0 amide bonds. The summed E-state index contributed by atoms with van der Waals surface area (Å²) >= 11 is 6.23. The highest BCUT2D eigenvalue weighted by atomic mass is 35.5. The van der Waals surface area contributed by atoms with Gasteiger partial charge in [0.15, 0.2) is 6.23 Å². The number of hydrogen-bond acceptors (Lipinski definition) is 5. The van der Waals surface area contributed by atoms with Crippen molar-refractivity contribution >= 4 is 22.6 Å². The molecule has 2 aromatic heterocycles. The Labute approximate surface area is 178 Å². The number of fused-ring (bicyclic) bond motifs is 1. The fourth-order valence-electron chi connectivity index (χ4n) is 4.03. The van der Waals surface area contributed by atoms with Gasteiger partial charge in [-0.05, 0) is 24.6 Å². The van der Waals surface area contributed by atoms with Crippen molar-refractivity contribution in [2.45, 2.75) is 31.5 Å². The standard InChI is InChI=1S/C23H20ClN3O3/c1-13-20(28)21(29)23(30-13)27-11-17(14-6-3-2-4-7-14)18-19(25-12-26-22(18)27)15-8-5-9-16(24)10-15/h2-13,20-21,23,28-29H,1H3/t13-,20-,21-,23-/m1/s1. The van der Waals surface area contributed by atoms with Crippen molar-refractivity contribution in [3.8, 4) is 22.4 Å². The smallest absolute Gasteiger partial charge is 0.164 e. The van der Waals surface area contributed by atoms with Crippen molar-refractivity contribution in [3.63, 3.8) is 0 Å². The average molecular weight is 422 g/mol. The first-order valence-electron chi connectivity index (χ1n) is 9.73. The van der Waals surface area contributed by atoms with E-state index in [1.807, 2.05) is 60.8 Å². The Morgan fingerprint density at radius 3 is 2.43 bits per heavy atom. The van der Waals surface area contributed by atoms with Gasteiger partial charge >= 0.3 is 0 Å². The molecule has 1 aliphatic heterocycles. The van der Waals surface area contributed by atoms with Crippen LogP contribution in [0, 0.1) is 0 Å². The zero-order chi connectivity index (χ0) is 20.8. The Bertz CT molecular complexity index is 1210. The van der Waals surface area contributed by atoms with Crippen molar-refractivity contribution in [2.24, 2.45) is 0 Å². The second-order valence-corrected chi connectivity index (χ2v) is 7.90. The van der Waals surface area contributed by atoms with Crippen LogP contribution in [0.25, 0.3) is 33.4 Å². The summed E-state index contributed by atoms with van der Waals surface area (Å²) in [7, 11) is 0. The summed E-state index contributed by atoms with van der Waals surface area (Å²) in [6.45, 7) is 1.74. The highest BCUT2D eigenvalue weighted by Crippen LogP contribution is 2.40. The van der Waals surface area contributed by atoms with E-state index in [1.165, 1.54) is 6.33 Å². The lowest BCUT2D eigenvalue weighted by molar-refractivity contribution is -0.0295. The lowest BCUT2D eigenvalue weighted by Gasteiger charge is -2.17. The van der Waals surface area contributed by atoms with Crippen molar-refractivity contribution in [1.29, 1.82) is 0 Å². The molecule has 6 nitrogen and oxygen atoms in total. The molecule has 0 bridgehead atoms. The van der Waals surface area contributed by atoms with Crippen LogP contribution in [0.4, 0.5) is 0 Å². The molecule has 0 aliphatic carbocycles. The number of aliphatic hydroxyl groups is 2. The minimum absolute atomic E-state index is 0.489. The van der Waals surface area contributed by atoms with Gasteiger partial charge in [-0.25, -0.2) is 9.97 Å². The van der Waals surface area contributed by atoms with E-state index in [-0.39, 0.29) is 0 Å². The van der Waals surface area contributed by atoms with E-state index in [2.05, 4.69) is 9.97 Å². The Hall–Kier alpha value is -2.77. The SMILES string of the molecule is C[C@H]1O[C@@H](n2cc(-c3ccccc3)c3c(-c4cccc(Cl)c4)ncnc32)[C@H](O)[C@@H]1O. The molecular weight excluding hydrogens is 402 g/mol. The van der Waals surface area contributed by atoms with E-state index in [0.29, 0.717) is 10.7 Å². The summed E-state index contributed by atoms with van der Waals surface area (Å²) in [5.41, 5.74) is 4.11. The molecule has 4 atom stereocenters. The molecule has 2 aromatic carbocycles. The number of aromatic nitrogens is 3. The van der Waals surface area contributed by atoms with Crippen LogP contribution in [0.5, 0.6) is 0 Å². The van der Waals surface area contributed by atoms with Gasteiger partial charge in [-0.2, -0.15) is 0 Å². The quantitative estimate of drug-likeness (QED) is 0.521. The van der Waals surface area contributed by atoms with Crippen LogP contribution in [0.2, 0.25) is 5.02 Å². The molecule has 30 heavy (non-hydrogen) atoms. The second kappa shape index (κ2) is 7.49. The minimum atomic E-state index is -1.07. The number of halogens is 1. The second-order valence-electron chi connectivity index (χ2n) is 7.46. The van der Waals surface area contributed by atoms with Gasteiger partial charge in [0.05, 0.1) is 17.2 Å². The van der Waals surface area contributed by atoms with Crippen LogP contribution in [-0.4, -0.2) is 43.1 Å². The molecular formula is C23H20ClN3O3. The van der Waals surface area contributed by atoms with Crippen molar-refractivity contribution in [3.05, 3.63) is 72.1 Å². The summed E-state index contributed by atoms with van der Waals surface area (Å²) in [5.74, 6) is 0. The summed E-state index contributed by atoms with van der Waals surface area (Å²) < 4.78 is 7.66. The number of aliphatic hydroxyl groups excluding tert-OH is 2. The molecule has 5 rings (SSSR count). The monoisotopic (exact) mass is 421 g/mol. The summed E-state index contributed by atoms with van der Waals surface area (Å²) in [4.78, 5) is 9.07. The van der Waals surface area contributed by atoms with Crippen molar-refractivity contribution in [2.75, 3.05) is 0 Å².